The number of anilines is 2. The molecule has 2 heterocycles. The zero-order valence-corrected chi connectivity index (χ0v) is 18.8. The molecular formula is C22H24ClN5O3S. The summed E-state index contributed by atoms with van der Waals surface area (Å²) in [5.41, 5.74) is 1.73. The highest BCUT2D eigenvalue weighted by atomic mass is 35.5. The van der Waals surface area contributed by atoms with Crippen molar-refractivity contribution < 1.29 is 14.6 Å². The molecule has 8 nitrogen and oxygen atoms in total. The second-order valence-corrected chi connectivity index (χ2v) is 9.42. The topological polar surface area (TPSA) is 95.5 Å². The molecule has 0 spiro atoms. The molecule has 1 aromatic heterocycles. The van der Waals surface area contributed by atoms with Crippen molar-refractivity contribution >= 4 is 39.0 Å². The number of rotatable bonds is 6. The molecule has 32 heavy (non-hydrogen) atoms. The lowest BCUT2D eigenvalue weighted by molar-refractivity contribution is -0.130. The number of nitrogens with zero attached hydrogens (tertiary/aromatic N) is 4. The fourth-order valence-corrected chi connectivity index (χ4v) is 4.73. The van der Waals surface area contributed by atoms with Gasteiger partial charge in [-0.1, -0.05) is 29.8 Å². The quantitative estimate of drug-likeness (QED) is 0.591. The van der Waals surface area contributed by atoms with E-state index in [0.717, 1.165) is 11.3 Å². The molecule has 168 valence electrons. The van der Waals surface area contributed by atoms with Crippen molar-refractivity contribution in [2.24, 2.45) is 0 Å². The van der Waals surface area contributed by atoms with Gasteiger partial charge in [0.25, 0.3) is 10.0 Å². The fraction of sp³-hybridized carbons (Fsp3) is 0.227. The molecule has 3 aromatic rings. The van der Waals surface area contributed by atoms with Crippen LogP contribution in [0.1, 0.15) is 6.99 Å². The Morgan fingerprint density at radius 2 is 1.75 bits per heavy atom. The van der Waals surface area contributed by atoms with Crippen LogP contribution in [0, 0.1) is 0 Å². The van der Waals surface area contributed by atoms with Crippen LogP contribution >= 0.6 is 11.6 Å². The number of carbonyl (C=O) groups is 1. The molecule has 4 rings (SSSR count). The standard InChI is InChI=1S/C22H22ClN5O3S.H2/c23-20-4-2-1-3-17(20)15-22(29)28-13-11-27(12-14-28)18-5-7-19(8-6-18)32(30,31)26-21-9-10-24-16-25-21;/h1-10,16H,11-15H2,(H,24,25,26);1H. The smallest absolute Gasteiger partial charge is 0.263 e. The molecule has 1 amide bonds. The van der Waals surface area contributed by atoms with Gasteiger partial charge >= 0.3 is 0 Å². The lowest BCUT2D eigenvalue weighted by Crippen LogP contribution is -2.49. The normalized spacial score (nSPS) is 14.3. The second kappa shape index (κ2) is 9.54. The molecule has 1 saturated heterocycles. The number of halogens is 1. The molecule has 0 saturated carbocycles. The highest BCUT2D eigenvalue weighted by Crippen LogP contribution is 2.22. The third-order valence-corrected chi connectivity index (χ3v) is 7.00. The van der Waals surface area contributed by atoms with Gasteiger partial charge in [-0.2, -0.15) is 0 Å². The summed E-state index contributed by atoms with van der Waals surface area (Å²) in [4.78, 5) is 24.4. The first-order valence-corrected chi connectivity index (χ1v) is 11.9. The van der Waals surface area contributed by atoms with Crippen molar-refractivity contribution in [2.45, 2.75) is 11.3 Å². The van der Waals surface area contributed by atoms with Crippen molar-refractivity contribution in [3.05, 3.63) is 77.7 Å². The molecule has 2 aromatic carbocycles. The fourth-order valence-electron chi connectivity index (χ4n) is 3.51. The Hall–Kier alpha value is -3.17. The van der Waals surface area contributed by atoms with E-state index in [9.17, 15) is 13.2 Å². The molecule has 1 N–H and O–H groups in total. The number of amides is 1. The van der Waals surface area contributed by atoms with Gasteiger partial charge in [-0.25, -0.2) is 18.4 Å². The number of hydrogen-bond donors (Lipinski definition) is 1. The summed E-state index contributed by atoms with van der Waals surface area (Å²) in [6, 6.07) is 15.5. The Bertz CT molecular complexity index is 1190. The van der Waals surface area contributed by atoms with Crippen molar-refractivity contribution in [2.75, 3.05) is 35.8 Å². The largest absolute Gasteiger partial charge is 0.368 e. The van der Waals surface area contributed by atoms with Crippen LogP contribution in [0.4, 0.5) is 11.5 Å². The summed E-state index contributed by atoms with van der Waals surface area (Å²) in [6.07, 6.45) is 3.03. The van der Waals surface area contributed by atoms with Crippen LogP contribution in [-0.4, -0.2) is 55.4 Å². The van der Waals surface area contributed by atoms with Gasteiger partial charge in [-0.15, -0.1) is 0 Å². The highest BCUT2D eigenvalue weighted by molar-refractivity contribution is 7.92. The van der Waals surface area contributed by atoms with Gasteiger partial charge in [0, 0.05) is 44.5 Å². The summed E-state index contributed by atoms with van der Waals surface area (Å²) >= 11 is 6.17. The molecular weight excluding hydrogens is 450 g/mol. The van der Waals surface area contributed by atoms with Gasteiger partial charge in [-0.05, 0) is 42.0 Å². The van der Waals surface area contributed by atoms with Gasteiger partial charge in [0.15, 0.2) is 0 Å². The van der Waals surface area contributed by atoms with E-state index in [-0.39, 0.29) is 24.5 Å². The summed E-state index contributed by atoms with van der Waals surface area (Å²) in [7, 11) is -3.74. The van der Waals surface area contributed by atoms with E-state index in [1.807, 2.05) is 23.1 Å². The van der Waals surface area contributed by atoms with Crippen LogP contribution in [0.15, 0.2) is 72.0 Å². The minimum atomic E-state index is -3.74. The molecule has 0 radical (unpaired) electrons. The summed E-state index contributed by atoms with van der Waals surface area (Å²) in [5, 5.41) is 0.601. The van der Waals surface area contributed by atoms with E-state index < -0.39 is 10.0 Å². The predicted molar refractivity (Wildman–Crippen MR) is 125 cm³/mol. The van der Waals surface area contributed by atoms with E-state index >= 15 is 0 Å². The molecule has 0 aliphatic carbocycles. The number of aromatic nitrogens is 2. The van der Waals surface area contributed by atoms with Crippen LogP contribution in [0.25, 0.3) is 0 Å². The molecule has 1 fully saturated rings. The average molecular weight is 474 g/mol. The minimum Gasteiger partial charge on any atom is -0.368 e. The SMILES string of the molecule is O=C(Cc1ccccc1Cl)N1CCN(c2ccc(S(=O)(=O)Nc3ccncn3)cc2)CC1.[HH]. The molecule has 0 atom stereocenters. The van der Waals surface area contributed by atoms with Gasteiger partial charge in [0.1, 0.15) is 12.1 Å². The minimum absolute atomic E-state index is 0. The zero-order chi connectivity index (χ0) is 22.6. The van der Waals surface area contributed by atoms with E-state index in [1.165, 1.54) is 18.6 Å². The Morgan fingerprint density at radius 3 is 2.41 bits per heavy atom. The van der Waals surface area contributed by atoms with E-state index in [2.05, 4.69) is 19.6 Å². The first kappa shape index (κ1) is 22.0. The molecule has 10 heteroatoms. The number of nitrogens with one attached hydrogen (secondary N) is 1. The lowest BCUT2D eigenvalue weighted by Gasteiger charge is -2.36. The molecule has 1 aliphatic heterocycles. The van der Waals surface area contributed by atoms with Crippen molar-refractivity contribution in [1.29, 1.82) is 0 Å². The Labute approximate surface area is 193 Å². The third-order valence-electron chi connectivity index (χ3n) is 5.26. The second-order valence-electron chi connectivity index (χ2n) is 7.33. The van der Waals surface area contributed by atoms with E-state index in [1.54, 1.807) is 30.3 Å². The van der Waals surface area contributed by atoms with E-state index in [4.69, 9.17) is 11.6 Å². The van der Waals surface area contributed by atoms with Crippen molar-refractivity contribution in [3.8, 4) is 0 Å². The van der Waals surface area contributed by atoms with Gasteiger partial charge in [0.05, 0.1) is 11.3 Å². The van der Waals surface area contributed by atoms with Crippen LogP contribution in [0.3, 0.4) is 0 Å². The summed E-state index contributed by atoms with van der Waals surface area (Å²) in [6.45, 7) is 2.52. The van der Waals surface area contributed by atoms with Crippen molar-refractivity contribution in [3.63, 3.8) is 0 Å². The number of sulfonamides is 1. The number of benzene rings is 2. The van der Waals surface area contributed by atoms with Crippen LogP contribution in [0.5, 0.6) is 0 Å². The van der Waals surface area contributed by atoms with Crippen LogP contribution in [-0.2, 0) is 21.2 Å². The summed E-state index contributed by atoms with van der Waals surface area (Å²) < 4.78 is 27.5. The highest BCUT2D eigenvalue weighted by Gasteiger charge is 2.22. The van der Waals surface area contributed by atoms with Gasteiger partial charge < -0.3 is 9.80 Å². The Kier molecular flexibility index (Phi) is 6.57. The maximum atomic E-state index is 12.6. The third kappa shape index (κ3) is 5.17. The predicted octanol–water partition coefficient (Wildman–Crippen LogP) is 3.07. The lowest BCUT2D eigenvalue weighted by atomic mass is 10.1. The average Bonchev–Trinajstić information content (AvgIpc) is 2.81. The first-order chi connectivity index (χ1) is 15.4. The molecule has 1 aliphatic rings. The van der Waals surface area contributed by atoms with Gasteiger partial charge in [0.2, 0.25) is 5.91 Å². The Balaban J connectivity index is 0.00000306. The zero-order valence-electron chi connectivity index (χ0n) is 17.2. The summed E-state index contributed by atoms with van der Waals surface area (Å²) in [5.74, 6) is 0.261. The van der Waals surface area contributed by atoms with Crippen molar-refractivity contribution in [1.82, 2.24) is 14.9 Å². The monoisotopic (exact) mass is 473 g/mol. The number of hydrogen-bond acceptors (Lipinski definition) is 6. The number of piperazine rings is 1. The van der Waals surface area contributed by atoms with Crippen LogP contribution in [0.2, 0.25) is 5.02 Å². The van der Waals surface area contributed by atoms with E-state index in [0.29, 0.717) is 31.2 Å². The molecule has 0 bridgehead atoms. The Morgan fingerprint density at radius 1 is 1.03 bits per heavy atom. The first-order valence-electron chi connectivity index (χ1n) is 10.1. The maximum Gasteiger partial charge on any atom is 0.263 e. The van der Waals surface area contributed by atoms with Crippen LogP contribution < -0.4 is 9.62 Å². The maximum absolute atomic E-state index is 12.6. The van der Waals surface area contributed by atoms with Gasteiger partial charge in [-0.3, -0.25) is 9.52 Å². The molecule has 0 unspecified atom stereocenters. The number of carbonyl (C=O) groups excluding carboxylic acids is 1.